The van der Waals surface area contributed by atoms with Crippen molar-refractivity contribution >= 4 is 44.8 Å². The molecule has 6 heteroatoms. The fourth-order valence-corrected chi connectivity index (χ4v) is 3.35. The van der Waals surface area contributed by atoms with E-state index in [0.29, 0.717) is 13.1 Å². The summed E-state index contributed by atoms with van der Waals surface area (Å²) in [5.74, 6) is -0.769. The third kappa shape index (κ3) is 4.88. The van der Waals surface area contributed by atoms with Gasteiger partial charge < -0.3 is 5.11 Å². The van der Waals surface area contributed by atoms with Gasteiger partial charge in [-0.25, -0.2) is 0 Å². The molecular weight excluding hydrogens is 338 g/mol. The molecule has 1 rings (SSSR count). The van der Waals surface area contributed by atoms with Crippen LogP contribution in [0.2, 0.25) is 4.34 Å². The summed E-state index contributed by atoms with van der Waals surface area (Å²) in [6.07, 6.45) is 0.150. The molecule has 102 valence electrons. The van der Waals surface area contributed by atoms with Crippen molar-refractivity contribution in [3.63, 3.8) is 0 Å². The standard InChI is InChI=1S/C12H17BrClNO2S/c1-12(2,3)15(5-4-10(16)17)7-8-6-9(13)11(14)18-8/h6H,4-5,7H2,1-3H3,(H,16,17). The summed E-state index contributed by atoms with van der Waals surface area (Å²) in [6, 6.07) is 1.99. The second-order valence-electron chi connectivity index (χ2n) is 5.07. The largest absolute Gasteiger partial charge is 0.481 e. The van der Waals surface area contributed by atoms with E-state index in [2.05, 4.69) is 41.6 Å². The lowest BCUT2D eigenvalue weighted by Gasteiger charge is -2.35. The van der Waals surface area contributed by atoms with Crippen LogP contribution in [0.5, 0.6) is 0 Å². The first-order valence-corrected chi connectivity index (χ1v) is 7.59. The molecule has 0 aromatic carbocycles. The number of aliphatic carboxylic acids is 1. The molecule has 0 aliphatic rings. The molecule has 0 aliphatic carbocycles. The summed E-state index contributed by atoms with van der Waals surface area (Å²) in [7, 11) is 0. The number of carboxylic acid groups (broad SMARTS) is 1. The summed E-state index contributed by atoms with van der Waals surface area (Å²) in [6.45, 7) is 7.50. The fraction of sp³-hybridized carbons (Fsp3) is 0.583. The summed E-state index contributed by atoms with van der Waals surface area (Å²) >= 11 is 10.9. The minimum atomic E-state index is -0.769. The molecule has 0 aliphatic heterocycles. The highest BCUT2D eigenvalue weighted by molar-refractivity contribution is 9.10. The van der Waals surface area contributed by atoms with Gasteiger partial charge in [-0.3, -0.25) is 9.69 Å². The molecule has 1 heterocycles. The number of thiophene rings is 1. The first-order valence-electron chi connectivity index (χ1n) is 5.60. The van der Waals surface area contributed by atoms with Crippen molar-refractivity contribution in [2.75, 3.05) is 6.54 Å². The Labute approximate surface area is 125 Å². The van der Waals surface area contributed by atoms with Gasteiger partial charge in [0.1, 0.15) is 4.34 Å². The highest BCUT2D eigenvalue weighted by Gasteiger charge is 2.23. The lowest BCUT2D eigenvalue weighted by molar-refractivity contribution is -0.137. The molecule has 18 heavy (non-hydrogen) atoms. The van der Waals surface area contributed by atoms with Crippen molar-refractivity contribution in [1.82, 2.24) is 4.90 Å². The smallest absolute Gasteiger partial charge is 0.304 e. The molecule has 0 saturated carbocycles. The van der Waals surface area contributed by atoms with Gasteiger partial charge in [0.2, 0.25) is 0 Å². The van der Waals surface area contributed by atoms with Crippen LogP contribution >= 0.6 is 38.9 Å². The zero-order valence-corrected chi connectivity index (χ0v) is 13.8. The maximum atomic E-state index is 10.7. The summed E-state index contributed by atoms with van der Waals surface area (Å²) in [5, 5.41) is 8.79. The Kier molecular flexibility index (Phi) is 5.65. The van der Waals surface area contributed by atoms with Gasteiger partial charge in [-0.1, -0.05) is 11.6 Å². The molecule has 1 aromatic rings. The number of halogens is 2. The zero-order valence-electron chi connectivity index (χ0n) is 10.7. The molecule has 0 atom stereocenters. The highest BCUT2D eigenvalue weighted by atomic mass is 79.9. The molecule has 0 spiro atoms. The SMILES string of the molecule is CC(C)(C)N(CCC(=O)O)Cc1cc(Br)c(Cl)s1. The van der Waals surface area contributed by atoms with Gasteiger partial charge in [-0.05, 0) is 42.8 Å². The number of carboxylic acids is 1. The van der Waals surface area contributed by atoms with Crippen LogP contribution in [-0.2, 0) is 11.3 Å². The van der Waals surface area contributed by atoms with E-state index in [9.17, 15) is 4.79 Å². The maximum absolute atomic E-state index is 10.7. The topological polar surface area (TPSA) is 40.5 Å². The molecule has 0 bridgehead atoms. The minimum Gasteiger partial charge on any atom is -0.481 e. The predicted octanol–water partition coefficient (Wildman–Crippen LogP) is 4.24. The van der Waals surface area contributed by atoms with Crippen molar-refractivity contribution in [2.45, 2.75) is 39.3 Å². The minimum absolute atomic E-state index is 0.0710. The summed E-state index contributed by atoms with van der Waals surface area (Å²) < 4.78 is 1.63. The van der Waals surface area contributed by atoms with Gasteiger partial charge in [-0.2, -0.15) is 0 Å². The summed E-state index contributed by atoms with van der Waals surface area (Å²) in [5.41, 5.74) is -0.0710. The Morgan fingerprint density at radius 3 is 2.56 bits per heavy atom. The number of nitrogens with zero attached hydrogens (tertiary/aromatic N) is 1. The molecule has 3 nitrogen and oxygen atoms in total. The van der Waals surface area contributed by atoms with E-state index in [1.807, 2.05) is 6.07 Å². The van der Waals surface area contributed by atoms with E-state index in [4.69, 9.17) is 16.7 Å². The number of hydrogen-bond donors (Lipinski definition) is 1. The van der Waals surface area contributed by atoms with Gasteiger partial charge >= 0.3 is 5.97 Å². The zero-order chi connectivity index (χ0) is 13.9. The van der Waals surface area contributed by atoms with E-state index < -0.39 is 5.97 Å². The van der Waals surface area contributed by atoms with Gasteiger partial charge in [0.25, 0.3) is 0 Å². The molecular formula is C12H17BrClNO2S. The van der Waals surface area contributed by atoms with Crippen molar-refractivity contribution in [3.8, 4) is 0 Å². The fourth-order valence-electron chi connectivity index (χ4n) is 1.54. The lowest BCUT2D eigenvalue weighted by atomic mass is 10.1. The summed E-state index contributed by atoms with van der Waals surface area (Å²) in [4.78, 5) is 14.0. The third-order valence-electron chi connectivity index (χ3n) is 2.59. The Morgan fingerprint density at radius 1 is 1.56 bits per heavy atom. The van der Waals surface area contributed by atoms with Gasteiger partial charge in [0, 0.05) is 28.0 Å². The van der Waals surface area contributed by atoms with E-state index in [1.54, 1.807) is 0 Å². The van der Waals surface area contributed by atoms with Crippen molar-refractivity contribution in [1.29, 1.82) is 0 Å². The van der Waals surface area contributed by atoms with E-state index in [0.717, 1.165) is 13.7 Å². The molecule has 0 fully saturated rings. The second kappa shape index (κ2) is 6.37. The third-order valence-corrected chi connectivity index (χ3v) is 5.05. The van der Waals surface area contributed by atoms with Crippen molar-refractivity contribution < 1.29 is 9.90 Å². The van der Waals surface area contributed by atoms with Crippen molar-refractivity contribution in [3.05, 3.63) is 19.8 Å². The lowest BCUT2D eigenvalue weighted by Crippen LogP contribution is -2.41. The monoisotopic (exact) mass is 353 g/mol. The molecule has 0 amide bonds. The number of rotatable bonds is 5. The molecule has 1 N–H and O–H groups in total. The Morgan fingerprint density at radius 2 is 2.17 bits per heavy atom. The maximum Gasteiger partial charge on any atom is 0.304 e. The molecule has 0 unspecified atom stereocenters. The van der Waals surface area contributed by atoms with E-state index in [-0.39, 0.29) is 12.0 Å². The van der Waals surface area contributed by atoms with Crippen LogP contribution in [0.3, 0.4) is 0 Å². The van der Waals surface area contributed by atoms with Crippen LogP contribution in [0.4, 0.5) is 0 Å². The van der Waals surface area contributed by atoms with Crippen LogP contribution in [0.1, 0.15) is 32.1 Å². The number of carbonyl (C=O) groups is 1. The predicted molar refractivity (Wildman–Crippen MR) is 79.4 cm³/mol. The normalized spacial score (nSPS) is 12.1. The first kappa shape index (κ1) is 16.0. The van der Waals surface area contributed by atoms with E-state index in [1.165, 1.54) is 11.3 Å². The molecule has 1 aromatic heterocycles. The van der Waals surface area contributed by atoms with Crippen LogP contribution < -0.4 is 0 Å². The van der Waals surface area contributed by atoms with Gasteiger partial charge in [-0.15, -0.1) is 11.3 Å². The Balaban J connectivity index is 2.75. The quantitative estimate of drug-likeness (QED) is 0.860. The van der Waals surface area contributed by atoms with Crippen LogP contribution in [-0.4, -0.2) is 28.1 Å². The van der Waals surface area contributed by atoms with Gasteiger partial charge in [0.15, 0.2) is 0 Å². The average molecular weight is 355 g/mol. The highest BCUT2D eigenvalue weighted by Crippen LogP contribution is 2.33. The van der Waals surface area contributed by atoms with Gasteiger partial charge in [0.05, 0.1) is 6.42 Å². The Hall–Kier alpha value is -0.100. The molecule has 0 radical (unpaired) electrons. The second-order valence-corrected chi connectivity index (χ2v) is 7.66. The van der Waals surface area contributed by atoms with Crippen LogP contribution in [0, 0.1) is 0 Å². The van der Waals surface area contributed by atoms with Crippen LogP contribution in [0.15, 0.2) is 10.5 Å². The average Bonchev–Trinajstić information content (AvgIpc) is 2.51. The number of hydrogen-bond acceptors (Lipinski definition) is 3. The van der Waals surface area contributed by atoms with Crippen molar-refractivity contribution in [2.24, 2.45) is 0 Å². The van der Waals surface area contributed by atoms with E-state index >= 15 is 0 Å². The first-order chi connectivity index (χ1) is 8.20. The Bertz CT molecular complexity index is 409. The molecule has 0 saturated heterocycles. The van der Waals surface area contributed by atoms with Crippen LogP contribution in [0.25, 0.3) is 0 Å².